The molecule has 2 aromatic carbocycles. The highest BCUT2D eigenvalue weighted by Crippen LogP contribution is 2.26. The largest absolute Gasteiger partial charge is 0.306 e. The Morgan fingerprint density at radius 1 is 1.15 bits per heavy atom. The second-order valence-corrected chi connectivity index (χ2v) is 6.26. The van der Waals surface area contributed by atoms with Gasteiger partial charge in [0.1, 0.15) is 0 Å². The first-order valence-corrected chi connectivity index (χ1v) is 7.94. The zero-order valence-corrected chi connectivity index (χ0v) is 12.8. The molecule has 1 N–H and O–H groups in total. The number of hydrogen-bond donors (Lipinski definition) is 1. The first kappa shape index (κ1) is 13.6. The van der Waals surface area contributed by atoms with Gasteiger partial charge in [-0.2, -0.15) is 0 Å². The summed E-state index contributed by atoms with van der Waals surface area (Å²) in [7, 11) is 0. The van der Waals surface area contributed by atoms with Crippen LogP contribution in [0.1, 0.15) is 24.1 Å². The van der Waals surface area contributed by atoms with Crippen LogP contribution >= 0.6 is 22.9 Å². The Hall–Kier alpha value is -1.35. The summed E-state index contributed by atoms with van der Waals surface area (Å²) in [5.41, 5.74) is 2.58. The molecule has 3 heteroatoms. The highest BCUT2D eigenvalue weighted by atomic mass is 35.5. The third-order valence-corrected chi connectivity index (χ3v) is 4.76. The summed E-state index contributed by atoms with van der Waals surface area (Å²) in [5.74, 6) is 0. The Labute approximate surface area is 128 Å². The summed E-state index contributed by atoms with van der Waals surface area (Å²) < 4.78 is 1.35. The molecule has 1 nitrogen and oxygen atoms in total. The molecule has 20 heavy (non-hydrogen) atoms. The van der Waals surface area contributed by atoms with Crippen molar-refractivity contribution in [2.75, 3.05) is 0 Å². The third kappa shape index (κ3) is 2.88. The number of halogens is 1. The van der Waals surface area contributed by atoms with Crippen molar-refractivity contribution in [1.82, 2.24) is 5.32 Å². The maximum atomic E-state index is 6.04. The Kier molecular flexibility index (Phi) is 4.06. The van der Waals surface area contributed by atoms with E-state index >= 15 is 0 Å². The molecule has 0 aliphatic heterocycles. The lowest BCUT2D eigenvalue weighted by Crippen LogP contribution is -2.17. The summed E-state index contributed by atoms with van der Waals surface area (Å²) in [4.78, 5) is 0. The SMILES string of the molecule is C[C@H](NCc1csc2ccccc12)c1cccc(Cl)c1. The lowest BCUT2D eigenvalue weighted by atomic mass is 10.1. The maximum Gasteiger partial charge on any atom is 0.0409 e. The van der Waals surface area contributed by atoms with Crippen LogP contribution < -0.4 is 5.32 Å². The Bertz CT molecular complexity index is 720. The van der Waals surface area contributed by atoms with Crippen molar-refractivity contribution in [2.24, 2.45) is 0 Å². The molecular formula is C17H16ClNS. The molecule has 3 rings (SSSR count). The summed E-state index contributed by atoms with van der Waals surface area (Å²) in [6.45, 7) is 3.04. The first-order valence-electron chi connectivity index (χ1n) is 6.68. The fourth-order valence-electron chi connectivity index (χ4n) is 2.33. The Balaban J connectivity index is 1.73. The molecule has 0 amide bonds. The molecule has 0 bridgehead atoms. The van der Waals surface area contributed by atoms with Crippen LogP contribution in [-0.2, 0) is 6.54 Å². The number of nitrogens with one attached hydrogen (secondary N) is 1. The van der Waals surface area contributed by atoms with Gasteiger partial charge in [0.25, 0.3) is 0 Å². The fourth-order valence-corrected chi connectivity index (χ4v) is 3.49. The van der Waals surface area contributed by atoms with Gasteiger partial charge >= 0.3 is 0 Å². The predicted molar refractivity (Wildman–Crippen MR) is 88.5 cm³/mol. The number of benzene rings is 2. The number of hydrogen-bond acceptors (Lipinski definition) is 2. The highest BCUT2D eigenvalue weighted by Gasteiger charge is 2.07. The van der Waals surface area contributed by atoms with Crippen molar-refractivity contribution in [2.45, 2.75) is 19.5 Å². The second kappa shape index (κ2) is 5.96. The fraction of sp³-hybridized carbons (Fsp3) is 0.176. The van der Waals surface area contributed by atoms with Gasteiger partial charge in [-0.1, -0.05) is 41.9 Å². The monoisotopic (exact) mass is 301 g/mol. The van der Waals surface area contributed by atoms with E-state index < -0.39 is 0 Å². The molecule has 0 aliphatic carbocycles. The minimum Gasteiger partial charge on any atom is -0.306 e. The molecule has 0 saturated heterocycles. The molecule has 1 heterocycles. The van der Waals surface area contributed by atoms with Crippen LogP contribution in [0.2, 0.25) is 5.02 Å². The van der Waals surface area contributed by atoms with Gasteiger partial charge < -0.3 is 5.32 Å². The Morgan fingerprint density at radius 2 is 2.00 bits per heavy atom. The highest BCUT2D eigenvalue weighted by molar-refractivity contribution is 7.17. The van der Waals surface area contributed by atoms with E-state index in [-0.39, 0.29) is 6.04 Å². The van der Waals surface area contributed by atoms with Gasteiger partial charge in [-0.25, -0.2) is 0 Å². The third-order valence-electron chi connectivity index (χ3n) is 3.51. The summed E-state index contributed by atoms with van der Waals surface area (Å²) in [6, 6.07) is 16.9. The van der Waals surface area contributed by atoms with Gasteiger partial charge in [0.05, 0.1) is 0 Å². The summed E-state index contributed by atoms with van der Waals surface area (Å²) >= 11 is 7.84. The molecule has 0 fully saturated rings. The van der Waals surface area contributed by atoms with Crippen LogP contribution in [0.5, 0.6) is 0 Å². The van der Waals surface area contributed by atoms with Crippen LogP contribution in [0, 0.1) is 0 Å². The first-order chi connectivity index (χ1) is 9.74. The topological polar surface area (TPSA) is 12.0 Å². The van der Waals surface area contributed by atoms with E-state index in [0.717, 1.165) is 11.6 Å². The van der Waals surface area contributed by atoms with E-state index in [4.69, 9.17) is 11.6 Å². The van der Waals surface area contributed by atoms with E-state index in [1.165, 1.54) is 21.2 Å². The average Bonchev–Trinajstić information content (AvgIpc) is 2.88. The quantitative estimate of drug-likeness (QED) is 0.680. The minimum atomic E-state index is 0.285. The van der Waals surface area contributed by atoms with Crippen molar-refractivity contribution in [3.8, 4) is 0 Å². The maximum absolute atomic E-state index is 6.04. The molecule has 0 saturated carbocycles. The van der Waals surface area contributed by atoms with E-state index in [2.05, 4.69) is 48.0 Å². The van der Waals surface area contributed by atoms with Crippen molar-refractivity contribution in [1.29, 1.82) is 0 Å². The molecule has 0 unspecified atom stereocenters. The van der Waals surface area contributed by atoms with E-state index in [0.29, 0.717) is 0 Å². The number of fused-ring (bicyclic) bond motifs is 1. The average molecular weight is 302 g/mol. The summed E-state index contributed by atoms with van der Waals surface area (Å²) in [5, 5.41) is 7.95. The van der Waals surface area contributed by atoms with Crippen LogP contribution in [0.25, 0.3) is 10.1 Å². The zero-order valence-electron chi connectivity index (χ0n) is 11.3. The number of rotatable bonds is 4. The molecule has 102 valence electrons. The molecule has 0 aliphatic rings. The lowest BCUT2D eigenvalue weighted by molar-refractivity contribution is 0.577. The van der Waals surface area contributed by atoms with Crippen molar-refractivity contribution >= 4 is 33.0 Å². The minimum absolute atomic E-state index is 0.285. The molecule has 0 spiro atoms. The van der Waals surface area contributed by atoms with E-state index in [1.807, 2.05) is 18.2 Å². The van der Waals surface area contributed by atoms with E-state index in [9.17, 15) is 0 Å². The Morgan fingerprint density at radius 3 is 2.85 bits per heavy atom. The van der Waals surface area contributed by atoms with Gasteiger partial charge in [-0.3, -0.25) is 0 Å². The van der Waals surface area contributed by atoms with Gasteiger partial charge in [0.2, 0.25) is 0 Å². The molecule has 0 radical (unpaired) electrons. The molecule has 3 aromatic rings. The molecule has 1 atom stereocenters. The van der Waals surface area contributed by atoms with Gasteiger partial charge in [-0.05, 0) is 47.0 Å². The normalized spacial score (nSPS) is 12.7. The smallest absolute Gasteiger partial charge is 0.0409 e. The van der Waals surface area contributed by atoms with Crippen LogP contribution in [0.4, 0.5) is 0 Å². The zero-order chi connectivity index (χ0) is 13.9. The summed E-state index contributed by atoms with van der Waals surface area (Å²) in [6.07, 6.45) is 0. The van der Waals surface area contributed by atoms with Crippen LogP contribution in [0.3, 0.4) is 0 Å². The standard InChI is InChI=1S/C17H16ClNS/c1-12(13-5-4-6-15(18)9-13)19-10-14-11-20-17-8-3-2-7-16(14)17/h2-9,11-12,19H,10H2,1H3/t12-/m0/s1. The van der Waals surface area contributed by atoms with Gasteiger partial charge in [0.15, 0.2) is 0 Å². The van der Waals surface area contributed by atoms with Gasteiger partial charge in [0, 0.05) is 22.3 Å². The molecule has 1 aromatic heterocycles. The van der Waals surface area contributed by atoms with Crippen molar-refractivity contribution < 1.29 is 0 Å². The van der Waals surface area contributed by atoms with E-state index in [1.54, 1.807) is 11.3 Å². The van der Waals surface area contributed by atoms with Crippen molar-refractivity contribution in [3.63, 3.8) is 0 Å². The second-order valence-electron chi connectivity index (χ2n) is 4.91. The molecular weight excluding hydrogens is 286 g/mol. The van der Waals surface area contributed by atoms with Crippen LogP contribution in [-0.4, -0.2) is 0 Å². The van der Waals surface area contributed by atoms with Crippen molar-refractivity contribution in [3.05, 3.63) is 70.1 Å². The lowest BCUT2D eigenvalue weighted by Gasteiger charge is -2.14. The number of thiophene rings is 1. The van der Waals surface area contributed by atoms with Crippen LogP contribution in [0.15, 0.2) is 53.9 Å². The van der Waals surface area contributed by atoms with Gasteiger partial charge in [-0.15, -0.1) is 11.3 Å². The predicted octanol–water partition coefficient (Wildman–Crippen LogP) is 5.41.